The van der Waals surface area contributed by atoms with Gasteiger partial charge in [-0.2, -0.15) is 0 Å². The van der Waals surface area contributed by atoms with Crippen molar-refractivity contribution in [2.75, 3.05) is 26.4 Å². The van der Waals surface area contributed by atoms with Gasteiger partial charge in [0, 0.05) is 12.8 Å². The predicted molar refractivity (Wildman–Crippen MR) is 297 cm³/mol. The highest BCUT2D eigenvalue weighted by molar-refractivity contribution is 7.47. The molecule has 12 heteroatoms. The molecule has 0 saturated carbocycles. The monoisotopic (exact) mass is 1020 g/mol. The summed E-state index contributed by atoms with van der Waals surface area (Å²) in [5.41, 5.74) is 0. The van der Waals surface area contributed by atoms with Crippen molar-refractivity contribution in [1.29, 1.82) is 0 Å². The van der Waals surface area contributed by atoms with Crippen LogP contribution in [0.2, 0.25) is 0 Å². The summed E-state index contributed by atoms with van der Waals surface area (Å²) in [5.74, 6) is -1.67. The van der Waals surface area contributed by atoms with Gasteiger partial charge in [-0.15, -0.1) is 0 Å². The number of aliphatic hydroxyl groups is 1. The van der Waals surface area contributed by atoms with Crippen molar-refractivity contribution in [3.63, 3.8) is 0 Å². The molecule has 0 rings (SSSR count). The molecule has 406 valence electrons. The molecule has 2 N–H and O–H groups in total. The minimum absolute atomic E-state index is 0.0646. The lowest BCUT2D eigenvalue weighted by atomic mass is 10.1. The Morgan fingerprint density at radius 3 is 1.17 bits per heavy atom. The molecule has 11 nitrogen and oxygen atoms in total. The summed E-state index contributed by atoms with van der Waals surface area (Å²) in [7, 11) is -4.79. The molecule has 0 aromatic rings. The first-order valence-corrected chi connectivity index (χ1v) is 28.6. The maximum absolute atomic E-state index is 12.9. The highest BCUT2D eigenvalue weighted by atomic mass is 31.2. The lowest BCUT2D eigenvalue weighted by Gasteiger charge is -2.21. The number of phosphoric ester groups is 1. The van der Waals surface area contributed by atoms with E-state index >= 15 is 0 Å². The molecule has 3 atom stereocenters. The average Bonchev–Trinajstić information content (AvgIpc) is 3.37. The van der Waals surface area contributed by atoms with Crippen LogP contribution in [-0.2, 0) is 42.2 Å². The van der Waals surface area contributed by atoms with Crippen LogP contribution in [0.3, 0.4) is 0 Å². The number of ether oxygens (including phenoxy) is 3. The Morgan fingerprint density at radius 2 is 0.736 bits per heavy atom. The summed E-state index contributed by atoms with van der Waals surface area (Å²) < 4.78 is 39.3. The largest absolute Gasteiger partial charge is 0.472 e. The van der Waals surface area contributed by atoms with Crippen molar-refractivity contribution in [2.45, 2.75) is 200 Å². The first kappa shape index (κ1) is 67.6. The first-order chi connectivity index (χ1) is 35.2. The van der Waals surface area contributed by atoms with Crippen LogP contribution in [0.15, 0.2) is 134 Å². The van der Waals surface area contributed by atoms with Crippen LogP contribution in [0.25, 0.3) is 0 Å². The molecular weight excluding hydrogens is 928 g/mol. The van der Waals surface area contributed by atoms with Crippen molar-refractivity contribution >= 4 is 25.7 Å². The number of hydrogen-bond acceptors (Lipinski definition) is 10. The zero-order chi connectivity index (χ0) is 52.7. The molecule has 72 heavy (non-hydrogen) atoms. The number of esters is 3. The fourth-order valence-electron chi connectivity index (χ4n) is 6.58. The molecule has 0 aliphatic carbocycles. The molecule has 0 heterocycles. The predicted octanol–water partition coefficient (Wildman–Crippen LogP) is 15.8. The lowest BCUT2D eigenvalue weighted by Crippen LogP contribution is -2.30. The van der Waals surface area contributed by atoms with Crippen LogP contribution in [0, 0.1) is 0 Å². The maximum Gasteiger partial charge on any atom is 0.472 e. The van der Waals surface area contributed by atoms with Gasteiger partial charge in [0.1, 0.15) is 12.7 Å². The molecule has 0 aliphatic rings. The Balaban J connectivity index is 4.88. The van der Waals surface area contributed by atoms with Crippen molar-refractivity contribution in [1.82, 2.24) is 0 Å². The molecule has 0 spiro atoms. The van der Waals surface area contributed by atoms with E-state index in [2.05, 4.69) is 130 Å². The van der Waals surface area contributed by atoms with Gasteiger partial charge in [0.2, 0.25) is 0 Å². The summed E-state index contributed by atoms with van der Waals surface area (Å²) in [4.78, 5) is 48.4. The van der Waals surface area contributed by atoms with E-state index < -0.39 is 57.8 Å². The average molecular weight is 1020 g/mol. The number of carbonyl (C=O) groups is 3. The molecule has 0 radical (unpaired) electrons. The molecule has 3 unspecified atom stereocenters. The Bertz CT molecular complexity index is 1710. The minimum Gasteiger partial charge on any atom is -0.462 e. The van der Waals surface area contributed by atoms with E-state index in [0.717, 1.165) is 128 Å². The van der Waals surface area contributed by atoms with E-state index in [-0.39, 0.29) is 25.9 Å². The third-order valence-corrected chi connectivity index (χ3v) is 11.5. The zero-order valence-electron chi connectivity index (χ0n) is 44.6. The molecule has 0 fully saturated rings. The fourth-order valence-corrected chi connectivity index (χ4v) is 7.36. The number of carbonyl (C=O) groups excluding carboxylic acids is 3. The topological polar surface area (TPSA) is 155 Å². The van der Waals surface area contributed by atoms with Gasteiger partial charge < -0.3 is 24.2 Å². The van der Waals surface area contributed by atoms with Crippen molar-refractivity contribution in [2.24, 2.45) is 0 Å². The second-order valence-electron chi connectivity index (χ2n) is 17.3. The van der Waals surface area contributed by atoms with Gasteiger partial charge in [-0.1, -0.05) is 193 Å². The molecular formula is C60H95O11P. The summed E-state index contributed by atoms with van der Waals surface area (Å²) in [6, 6.07) is 0. The standard InChI is InChI=1S/C60H95O11P/c1-4-7-10-13-16-19-22-25-27-28-30-33-36-39-42-45-48-51-60(64)71-57(53-67-58(62)49-46-43-40-37-34-31-24-21-18-15-12-9-6-3)55-69-72(65,66)68-54-56(52-61)70-59(63)50-47-44-41-38-35-32-29-26-23-20-17-14-11-8-5-2/h7-12,16-21,25-27,29,31,34-35,38,44,47,56-57,61H,4-6,13-15,22-24,28,30,32-33,36-37,39-43,45-46,48-55H2,1-3H3,(H,65,66)/b10-7-,11-8-,12-9-,19-16-,20-17-,21-18-,27-25-,29-26-,34-31-,38-35-,47-44-. The molecule has 0 aromatic carbocycles. The number of rotatable bonds is 48. The van der Waals surface area contributed by atoms with Crippen LogP contribution in [0.5, 0.6) is 0 Å². The smallest absolute Gasteiger partial charge is 0.462 e. The fraction of sp³-hybridized carbons (Fsp3) is 0.583. The van der Waals surface area contributed by atoms with Crippen LogP contribution in [-0.4, -0.2) is 66.5 Å². The van der Waals surface area contributed by atoms with Crippen molar-refractivity contribution < 1.29 is 52.2 Å². The second kappa shape index (κ2) is 52.9. The van der Waals surface area contributed by atoms with Crippen LogP contribution in [0.1, 0.15) is 188 Å². The third kappa shape index (κ3) is 50.6. The van der Waals surface area contributed by atoms with Gasteiger partial charge in [0.15, 0.2) is 6.10 Å². The minimum atomic E-state index is -4.79. The summed E-state index contributed by atoms with van der Waals surface area (Å²) in [5, 5.41) is 9.78. The highest BCUT2D eigenvalue weighted by Gasteiger charge is 2.28. The summed E-state index contributed by atoms with van der Waals surface area (Å²) >= 11 is 0. The van der Waals surface area contributed by atoms with Crippen molar-refractivity contribution in [3.8, 4) is 0 Å². The van der Waals surface area contributed by atoms with Gasteiger partial charge >= 0.3 is 25.7 Å². The SMILES string of the molecule is CC/C=C\C/C=C\C/C=C\C/C=C\C/C=C\CC(=O)OC(CO)COP(=O)(O)OCC(COC(=O)CCCCC/C=C\C/C=C\C/C=C\CC)OC(=O)CCCCCCCCC/C=C\C/C=C\C/C=C\CC. The number of allylic oxidation sites excluding steroid dienone is 21. The normalized spacial score (nSPS) is 14.5. The third-order valence-electron chi connectivity index (χ3n) is 10.6. The maximum atomic E-state index is 12.9. The summed E-state index contributed by atoms with van der Waals surface area (Å²) in [6.45, 7) is 4.11. The van der Waals surface area contributed by atoms with Crippen LogP contribution >= 0.6 is 7.82 Å². The van der Waals surface area contributed by atoms with Gasteiger partial charge in [0.05, 0.1) is 26.2 Å². The number of unbranched alkanes of at least 4 members (excludes halogenated alkanes) is 10. The number of aliphatic hydroxyl groups excluding tert-OH is 1. The number of phosphoric acid groups is 1. The Labute approximate surface area is 436 Å². The van der Waals surface area contributed by atoms with E-state index in [1.807, 2.05) is 18.2 Å². The highest BCUT2D eigenvalue weighted by Crippen LogP contribution is 2.43. The Morgan fingerprint density at radius 1 is 0.403 bits per heavy atom. The Kier molecular flexibility index (Phi) is 49.7. The molecule has 0 aliphatic heterocycles. The van der Waals surface area contributed by atoms with E-state index in [1.54, 1.807) is 6.08 Å². The Hall–Kier alpha value is -4.38. The van der Waals surface area contributed by atoms with Gasteiger partial charge in [-0.05, 0) is 109 Å². The van der Waals surface area contributed by atoms with E-state index in [4.69, 9.17) is 23.3 Å². The zero-order valence-corrected chi connectivity index (χ0v) is 45.5. The van der Waals surface area contributed by atoms with E-state index in [0.29, 0.717) is 19.3 Å². The lowest BCUT2D eigenvalue weighted by molar-refractivity contribution is -0.161. The van der Waals surface area contributed by atoms with Crippen LogP contribution in [0.4, 0.5) is 0 Å². The van der Waals surface area contributed by atoms with E-state index in [1.165, 1.54) is 0 Å². The molecule has 0 saturated heterocycles. The van der Waals surface area contributed by atoms with Gasteiger partial charge in [-0.25, -0.2) is 4.57 Å². The number of hydrogen-bond donors (Lipinski definition) is 2. The molecule has 0 aromatic heterocycles. The van der Waals surface area contributed by atoms with Crippen molar-refractivity contribution in [3.05, 3.63) is 134 Å². The summed E-state index contributed by atoms with van der Waals surface area (Å²) in [6.07, 6.45) is 65.9. The quantitative estimate of drug-likeness (QED) is 0.0197. The van der Waals surface area contributed by atoms with Gasteiger partial charge in [-0.3, -0.25) is 23.4 Å². The van der Waals surface area contributed by atoms with Gasteiger partial charge in [0.25, 0.3) is 0 Å². The first-order valence-electron chi connectivity index (χ1n) is 27.1. The molecule has 0 bridgehead atoms. The van der Waals surface area contributed by atoms with E-state index in [9.17, 15) is 28.9 Å². The molecule has 0 amide bonds. The second-order valence-corrected chi connectivity index (χ2v) is 18.7. The van der Waals surface area contributed by atoms with Crippen LogP contribution < -0.4 is 0 Å².